The van der Waals surface area contributed by atoms with Crippen LogP contribution in [0.3, 0.4) is 0 Å². The zero-order chi connectivity index (χ0) is 8.22. The van der Waals surface area contributed by atoms with Gasteiger partial charge in [0.2, 0.25) is 0 Å². The Labute approximate surface area is 67.5 Å². The lowest BCUT2D eigenvalue weighted by molar-refractivity contribution is -0.121. The Balaban J connectivity index is 2.35. The van der Waals surface area contributed by atoms with Gasteiger partial charge in [-0.05, 0) is 11.3 Å². The van der Waals surface area contributed by atoms with Crippen molar-refractivity contribution in [3.63, 3.8) is 0 Å². The Morgan fingerprint density at radius 3 is 2.73 bits per heavy atom. The fourth-order valence-electron chi connectivity index (χ4n) is 2.27. The summed E-state index contributed by atoms with van der Waals surface area (Å²) in [5, 5.41) is 0. The van der Waals surface area contributed by atoms with Crippen LogP contribution in [0, 0.1) is 17.3 Å². The van der Waals surface area contributed by atoms with Crippen LogP contribution in [-0.4, -0.2) is 5.78 Å². The molecule has 0 aromatic carbocycles. The number of Topliss-reactive ketones (excluding diaryl/α,β-unsaturated/α-hetero) is 1. The van der Waals surface area contributed by atoms with E-state index in [1.807, 2.05) is 0 Å². The lowest BCUT2D eigenvalue weighted by atomic mass is 9.96. The van der Waals surface area contributed by atoms with Gasteiger partial charge in [-0.2, -0.15) is 0 Å². The van der Waals surface area contributed by atoms with Gasteiger partial charge in [0.25, 0.3) is 0 Å². The summed E-state index contributed by atoms with van der Waals surface area (Å²) < 4.78 is 0. The first-order valence-corrected chi connectivity index (χ1v) is 4.28. The molecular weight excluding hydrogens is 136 g/mol. The average Bonchev–Trinajstić information content (AvgIpc) is 2.34. The van der Waals surface area contributed by atoms with Crippen molar-refractivity contribution >= 4 is 5.78 Å². The van der Waals surface area contributed by atoms with Crippen molar-refractivity contribution in [1.29, 1.82) is 0 Å². The maximum atomic E-state index is 11.4. The van der Waals surface area contributed by atoms with Gasteiger partial charge in [-0.1, -0.05) is 32.4 Å². The molecule has 2 aliphatic rings. The van der Waals surface area contributed by atoms with E-state index >= 15 is 0 Å². The van der Waals surface area contributed by atoms with Crippen molar-refractivity contribution < 1.29 is 4.79 Å². The third-order valence-corrected chi connectivity index (χ3v) is 3.00. The predicted octanol–water partition coefficient (Wildman–Crippen LogP) is 2.18. The van der Waals surface area contributed by atoms with Gasteiger partial charge in [0.15, 0.2) is 0 Å². The summed E-state index contributed by atoms with van der Waals surface area (Å²) in [6.07, 6.45) is 3.05. The molecule has 1 nitrogen and oxygen atoms in total. The average molecular weight is 150 g/mol. The zero-order valence-electron chi connectivity index (χ0n) is 7.35. The second kappa shape index (κ2) is 1.77. The highest BCUT2D eigenvalue weighted by atomic mass is 16.1. The van der Waals surface area contributed by atoms with Crippen LogP contribution in [0.1, 0.15) is 27.2 Å². The molecule has 0 spiro atoms. The SMILES string of the molecule is CC1C=C2C(C(=O)C1)C2(C)C. The van der Waals surface area contributed by atoms with Gasteiger partial charge < -0.3 is 0 Å². The van der Waals surface area contributed by atoms with Crippen LogP contribution in [0.5, 0.6) is 0 Å². The lowest BCUT2D eigenvalue weighted by Gasteiger charge is -2.07. The van der Waals surface area contributed by atoms with E-state index in [0.717, 1.165) is 6.42 Å². The number of rotatable bonds is 0. The van der Waals surface area contributed by atoms with Gasteiger partial charge in [-0.25, -0.2) is 0 Å². The molecule has 1 fully saturated rings. The predicted molar refractivity (Wildman–Crippen MR) is 44.1 cm³/mol. The van der Waals surface area contributed by atoms with Gasteiger partial charge in [-0.3, -0.25) is 4.79 Å². The third kappa shape index (κ3) is 0.800. The molecule has 2 unspecified atom stereocenters. The number of hydrogen-bond donors (Lipinski definition) is 0. The minimum Gasteiger partial charge on any atom is -0.299 e. The summed E-state index contributed by atoms with van der Waals surface area (Å²) in [4.78, 5) is 11.4. The van der Waals surface area contributed by atoms with E-state index in [0.29, 0.717) is 17.6 Å². The number of fused-ring (bicyclic) bond motifs is 1. The van der Waals surface area contributed by atoms with Crippen LogP contribution in [0.25, 0.3) is 0 Å². The molecule has 0 heterocycles. The van der Waals surface area contributed by atoms with Crippen molar-refractivity contribution in [3.8, 4) is 0 Å². The molecule has 2 atom stereocenters. The molecule has 1 heteroatoms. The number of hydrogen-bond acceptors (Lipinski definition) is 1. The molecule has 2 aliphatic carbocycles. The fraction of sp³-hybridized carbons (Fsp3) is 0.700. The van der Waals surface area contributed by atoms with Gasteiger partial charge in [-0.15, -0.1) is 0 Å². The minimum atomic E-state index is 0.210. The Morgan fingerprint density at radius 2 is 2.18 bits per heavy atom. The first kappa shape index (κ1) is 7.08. The van der Waals surface area contributed by atoms with Crippen LogP contribution in [0.4, 0.5) is 0 Å². The van der Waals surface area contributed by atoms with E-state index in [1.54, 1.807) is 0 Å². The van der Waals surface area contributed by atoms with Gasteiger partial charge in [0, 0.05) is 12.3 Å². The van der Waals surface area contributed by atoms with E-state index in [-0.39, 0.29) is 5.41 Å². The molecule has 0 radical (unpaired) electrons. The third-order valence-electron chi connectivity index (χ3n) is 3.00. The number of carbonyl (C=O) groups excluding carboxylic acids is 1. The largest absolute Gasteiger partial charge is 0.299 e. The summed E-state index contributed by atoms with van der Waals surface area (Å²) in [7, 11) is 0. The molecule has 2 rings (SSSR count). The summed E-state index contributed by atoms with van der Waals surface area (Å²) in [5.74, 6) is 1.23. The van der Waals surface area contributed by atoms with Gasteiger partial charge in [0.1, 0.15) is 5.78 Å². The van der Waals surface area contributed by atoms with Gasteiger partial charge >= 0.3 is 0 Å². The molecule has 0 aromatic heterocycles. The lowest BCUT2D eigenvalue weighted by Crippen LogP contribution is -2.11. The highest BCUT2D eigenvalue weighted by molar-refractivity contribution is 5.92. The van der Waals surface area contributed by atoms with Crippen molar-refractivity contribution in [1.82, 2.24) is 0 Å². The van der Waals surface area contributed by atoms with Crippen molar-refractivity contribution in [2.45, 2.75) is 27.2 Å². The van der Waals surface area contributed by atoms with E-state index in [1.165, 1.54) is 5.57 Å². The molecule has 0 aliphatic heterocycles. The second-order valence-corrected chi connectivity index (χ2v) is 4.42. The Bertz CT molecular complexity index is 248. The quantitative estimate of drug-likeness (QED) is 0.484. The summed E-state index contributed by atoms with van der Waals surface area (Å²) in [6.45, 7) is 6.45. The molecule has 0 amide bonds. The van der Waals surface area contributed by atoms with Crippen LogP contribution in [0.2, 0.25) is 0 Å². The van der Waals surface area contributed by atoms with Crippen LogP contribution >= 0.6 is 0 Å². The van der Waals surface area contributed by atoms with Crippen molar-refractivity contribution in [3.05, 3.63) is 11.6 Å². The Hall–Kier alpha value is -0.590. The second-order valence-electron chi connectivity index (χ2n) is 4.42. The normalized spacial score (nSPS) is 39.5. The first-order valence-electron chi connectivity index (χ1n) is 4.28. The first-order chi connectivity index (χ1) is 5.03. The maximum absolute atomic E-state index is 11.4. The highest BCUT2D eigenvalue weighted by Crippen LogP contribution is 2.61. The highest BCUT2D eigenvalue weighted by Gasteiger charge is 2.57. The molecule has 0 saturated heterocycles. The van der Waals surface area contributed by atoms with E-state index in [9.17, 15) is 4.79 Å². The smallest absolute Gasteiger partial charge is 0.141 e. The topological polar surface area (TPSA) is 17.1 Å². The van der Waals surface area contributed by atoms with E-state index in [2.05, 4.69) is 26.8 Å². The standard InChI is InChI=1S/C10H14O/c1-6-4-7-9(8(11)5-6)10(7,2)3/h4,6,9H,5H2,1-3H3. The summed E-state index contributed by atoms with van der Waals surface area (Å²) >= 11 is 0. The number of ketones is 1. The molecule has 11 heavy (non-hydrogen) atoms. The number of carbonyl (C=O) groups is 1. The molecule has 0 N–H and O–H groups in total. The monoisotopic (exact) mass is 150 g/mol. The zero-order valence-corrected chi connectivity index (χ0v) is 7.35. The molecule has 0 aromatic rings. The molecule has 0 bridgehead atoms. The maximum Gasteiger partial charge on any atom is 0.141 e. The Morgan fingerprint density at radius 1 is 1.55 bits per heavy atom. The minimum absolute atomic E-state index is 0.210. The fourth-order valence-corrected chi connectivity index (χ4v) is 2.27. The molecular formula is C10H14O. The van der Waals surface area contributed by atoms with Crippen molar-refractivity contribution in [2.24, 2.45) is 17.3 Å². The van der Waals surface area contributed by atoms with Crippen LogP contribution in [0.15, 0.2) is 11.6 Å². The Kier molecular flexibility index (Phi) is 1.14. The molecule has 60 valence electrons. The van der Waals surface area contributed by atoms with Crippen LogP contribution in [-0.2, 0) is 4.79 Å². The van der Waals surface area contributed by atoms with Crippen LogP contribution < -0.4 is 0 Å². The van der Waals surface area contributed by atoms with E-state index < -0.39 is 0 Å². The summed E-state index contributed by atoms with van der Waals surface area (Å²) in [5.41, 5.74) is 1.60. The molecule has 1 saturated carbocycles. The van der Waals surface area contributed by atoms with E-state index in [4.69, 9.17) is 0 Å². The van der Waals surface area contributed by atoms with Crippen molar-refractivity contribution in [2.75, 3.05) is 0 Å². The van der Waals surface area contributed by atoms with Gasteiger partial charge in [0.05, 0.1) is 0 Å². The number of allylic oxidation sites excluding steroid dienone is 2. The summed E-state index contributed by atoms with van der Waals surface area (Å²) in [6, 6.07) is 0.